The molecule has 104 valence electrons. The van der Waals surface area contributed by atoms with Crippen molar-refractivity contribution in [2.24, 2.45) is 0 Å². The highest BCUT2D eigenvalue weighted by molar-refractivity contribution is 7.89. The highest BCUT2D eigenvalue weighted by atomic mass is 32.2. The number of hydrogen-bond acceptors (Lipinski definition) is 6. The van der Waals surface area contributed by atoms with Gasteiger partial charge in [0.25, 0.3) is 10.0 Å². The molecular formula is C10H15N5O3S. The van der Waals surface area contributed by atoms with Crippen molar-refractivity contribution in [3.05, 3.63) is 30.0 Å². The van der Waals surface area contributed by atoms with E-state index < -0.39 is 10.0 Å². The maximum atomic E-state index is 11.5. The van der Waals surface area contributed by atoms with Gasteiger partial charge in [0.05, 0.1) is 12.6 Å². The third-order valence-corrected chi connectivity index (χ3v) is 3.88. The number of hydrogen-bond donors (Lipinski definition) is 3. The molecule has 0 radical (unpaired) electrons. The number of nitrogens with zero attached hydrogens (tertiary/aromatic N) is 2. The second-order valence-electron chi connectivity index (χ2n) is 3.90. The van der Waals surface area contributed by atoms with Crippen LogP contribution in [0, 0.1) is 0 Å². The summed E-state index contributed by atoms with van der Waals surface area (Å²) in [6, 6.07) is 2.99. The van der Waals surface area contributed by atoms with E-state index in [0.717, 1.165) is 0 Å². The molecule has 0 bridgehead atoms. The van der Waals surface area contributed by atoms with Crippen molar-refractivity contribution in [1.29, 1.82) is 0 Å². The quantitative estimate of drug-likeness (QED) is 0.696. The summed E-state index contributed by atoms with van der Waals surface area (Å²) in [6.07, 6.45) is 1.43. The Morgan fingerprint density at radius 1 is 1.47 bits per heavy atom. The molecule has 1 unspecified atom stereocenters. The van der Waals surface area contributed by atoms with Gasteiger partial charge in [-0.1, -0.05) is 0 Å². The Kier molecular flexibility index (Phi) is 3.98. The number of sulfonamides is 1. The van der Waals surface area contributed by atoms with Gasteiger partial charge >= 0.3 is 0 Å². The zero-order chi connectivity index (χ0) is 13.9. The van der Waals surface area contributed by atoms with Crippen LogP contribution >= 0.6 is 0 Å². The molecule has 0 aliphatic carbocycles. The number of aromatic nitrogens is 3. The summed E-state index contributed by atoms with van der Waals surface area (Å²) in [7, 11) is -2.20. The average molecular weight is 285 g/mol. The lowest BCUT2D eigenvalue weighted by Crippen LogP contribution is -2.19. The normalized spacial score (nSPS) is 13.6. The average Bonchev–Trinajstić information content (AvgIpc) is 3.07. The van der Waals surface area contributed by atoms with Crippen molar-refractivity contribution >= 4 is 10.0 Å². The fourth-order valence-electron chi connectivity index (χ4n) is 1.47. The van der Waals surface area contributed by atoms with E-state index in [1.807, 2.05) is 6.92 Å². The lowest BCUT2D eigenvalue weighted by molar-refractivity contribution is 0.390. The molecule has 0 saturated carbocycles. The fraction of sp³-hybridized carbons (Fsp3) is 0.400. The largest absolute Gasteiger partial charge is 0.447 e. The molecular weight excluding hydrogens is 270 g/mol. The van der Waals surface area contributed by atoms with Crippen molar-refractivity contribution in [2.45, 2.75) is 24.6 Å². The Balaban J connectivity index is 1.98. The molecule has 0 amide bonds. The van der Waals surface area contributed by atoms with Crippen LogP contribution in [0.4, 0.5) is 0 Å². The van der Waals surface area contributed by atoms with E-state index in [1.165, 1.54) is 19.4 Å². The number of rotatable bonds is 6. The molecule has 0 aromatic carbocycles. The fourth-order valence-corrected chi connectivity index (χ4v) is 2.14. The summed E-state index contributed by atoms with van der Waals surface area (Å²) in [5.74, 6) is 1.23. The first kappa shape index (κ1) is 13.7. The van der Waals surface area contributed by atoms with Crippen molar-refractivity contribution in [3.8, 4) is 0 Å². The molecule has 2 heterocycles. The van der Waals surface area contributed by atoms with E-state index in [4.69, 9.17) is 4.42 Å². The Morgan fingerprint density at radius 2 is 2.26 bits per heavy atom. The van der Waals surface area contributed by atoms with Crippen LogP contribution < -0.4 is 10.0 Å². The Morgan fingerprint density at radius 3 is 2.89 bits per heavy atom. The first-order valence-corrected chi connectivity index (χ1v) is 7.12. The van der Waals surface area contributed by atoms with Gasteiger partial charge in [0, 0.05) is 0 Å². The highest BCUT2D eigenvalue weighted by Gasteiger charge is 2.16. The molecule has 0 fully saturated rings. The molecule has 19 heavy (non-hydrogen) atoms. The Bertz CT molecular complexity index is 619. The first-order valence-electron chi connectivity index (χ1n) is 5.64. The topological polar surface area (TPSA) is 113 Å². The molecule has 1 atom stereocenters. The Hall–Kier alpha value is -1.71. The number of furan rings is 1. The van der Waals surface area contributed by atoms with Crippen LogP contribution in [0.15, 0.2) is 28.0 Å². The van der Waals surface area contributed by atoms with Crippen LogP contribution in [0.25, 0.3) is 0 Å². The lowest BCUT2D eigenvalue weighted by atomic mass is 10.3. The molecule has 0 aliphatic rings. The van der Waals surface area contributed by atoms with Gasteiger partial charge in [-0.15, -0.1) is 0 Å². The van der Waals surface area contributed by atoms with Gasteiger partial charge < -0.3 is 9.73 Å². The number of aromatic amines is 1. The first-order chi connectivity index (χ1) is 9.03. The predicted molar refractivity (Wildman–Crippen MR) is 66.6 cm³/mol. The third-order valence-electron chi connectivity index (χ3n) is 2.60. The number of nitrogens with one attached hydrogen (secondary N) is 3. The van der Waals surface area contributed by atoms with E-state index in [2.05, 4.69) is 25.2 Å². The van der Waals surface area contributed by atoms with Gasteiger partial charge in [-0.05, 0) is 26.1 Å². The molecule has 2 aromatic rings. The van der Waals surface area contributed by atoms with Crippen LogP contribution in [-0.2, 0) is 16.6 Å². The standard InChI is InChI=1S/C10H15N5O3S/c1-7(10-13-6-14-15-10)12-5-8-3-4-9(18-8)19(16,17)11-2/h3-4,6-7,11-12H,5H2,1-2H3,(H,13,14,15). The minimum atomic E-state index is -3.53. The zero-order valence-corrected chi connectivity index (χ0v) is 11.4. The SMILES string of the molecule is CNS(=O)(=O)c1ccc(CNC(C)c2ncn[nH]2)o1. The molecule has 8 nitrogen and oxygen atoms in total. The maximum absolute atomic E-state index is 11.5. The van der Waals surface area contributed by atoms with Crippen LogP contribution in [0.3, 0.4) is 0 Å². The van der Waals surface area contributed by atoms with Crippen LogP contribution in [0.1, 0.15) is 24.6 Å². The zero-order valence-electron chi connectivity index (χ0n) is 10.5. The summed E-state index contributed by atoms with van der Waals surface area (Å²) in [5.41, 5.74) is 0. The van der Waals surface area contributed by atoms with Gasteiger partial charge in [-0.25, -0.2) is 18.1 Å². The minimum absolute atomic E-state index is 0.0445. The summed E-state index contributed by atoms with van der Waals surface area (Å²) in [6.45, 7) is 2.30. The van der Waals surface area contributed by atoms with Gasteiger partial charge in [0.15, 0.2) is 0 Å². The van der Waals surface area contributed by atoms with E-state index in [9.17, 15) is 8.42 Å². The molecule has 9 heteroatoms. The van der Waals surface area contributed by atoms with Gasteiger partial charge in [-0.2, -0.15) is 5.10 Å². The lowest BCUT2D eigenvalue weighted by Gasteiger charge is -2.08. The minimum Gasteiger partial charge on any atom is -0.447 e. The molecule has 3 N–H and O–H groups in total. The molecule has 0 spiro atoms. The smallest absolute Gasteiger partial charge is 0.273 e. The molecule has 2 rings (SSSR count). The van der Waals surface area contributed by atoms with Gasteiger partial charge in [0.1, 0.15) is 17.9 Å². The summed E-state index contributed by atoms with van der Waals surface area (Å²) < 4.78 is 30.4. The molecule has 0 saturated heterocycles. The predicted octanol–water partition coefficient (Wildman–Crippen LogP) is 0.157. The van der Waals surface area contributed by atoms with E-state index in [-0.39, 0.29) is 11.1 Å². The van der Waals surface area contributed by atoms with Crippen molar-refractivity contribution in [1.82, 2.24) is 25.2 Å². The summed E-state index contributed by atoms with van der Waals surface area (Å²) in [4.78, 5) is 4.02. The van der Waals surface area contributed by atoms with E-state index in [1.54, 1.807) is 6.07 Å². The second-order valence-corrected chi connectivity index (χ2v) is 5.72. The highest BCUT2D eigenvalue weighted by Crippen LogP contribution is 2.14. The van der Waals surface area contributed by atoms with Crippen molar-refractivity contribution in [2.75, 3.05) is 7.05 Å². The third kappa shape index (κ3) is 3.19. The van der Waals surface area contributed by atoms with Crippen LogP contribution in [0.5, 0.6) is 0 Å². The van der Waals surface area contributed by atoms with Crippen molar-refractivity contribution < 1.29 is 12.8 Å². The van der Waals surface area contributed by atoms with Crippen LogP contribution in [-0.4, -0.2) is 30.6 Å². The van der Waals surface area contributed by atoms with E-state index >= 15 is 0 Å². The summed E-state index contributed by atoms with van der Waals surface area (Å²) in [5, 5.41) is 9.55. The Labute approximate surface area is 110 Å². The number of H-pyrrole nitrogens is 1. The van der Waals surface area contributed by atoms with Gasteiger partial charge in [0.2, 0.25) is 5.09 Å². The molecule has 2 aromatic heterocycles. The monoisotopic (exact) mass is 285 g/mol. The van der Waals surface area contributed by atoms with E-state index in [0.29, 0.717) is 18.1 Å². The van der Waals surface area contributed by atoms with Gasteiger partial charge in [-0.3, -0.25) is 5.10 Å². The molecule has 0 aliphatic heterocycles. The van der Waals surface area contributed by atoms with Crippen LogP contribution in [0.2, 0.25) is 0 Å². The maximum Gasteiger partial charge on any atom is 0.273 e. The second kappa shape index (κ2) is 5.51. The van der Waals surface area contributed by atoms with Crippen molar-refractivity contribution in [3.63, 3.8) is 0 Å². The summed E-state index contributed by atoms with van der Waals surface area (Å²) >= 11 is 0.